The van der Waals surface area contributed by atoms with Crippen molar-refractivity contribution >= 4 is 17.9 Å². The predicted molar refractivity (Wildman–Crippen MR) is 307 cm³/mol. The summed E-state index contributed by atoms with van der Waals surface area (Å²) < 4.78 is 16.9. The SMILES string of the molecule is CCCCC/C=C\C/C=C\C/C=C\C/C=C\CCCC(=O)OC[C@H](COC(=O)CCCCCCCCCCCCC/C=C\CCCCCCCC)OC(=O)CCCCCCCCCCCCCCCCC. The van der Waals surface area contributed by atoms with E-state index < -0.39 is 6.10 Å². The van der Waals surface area contributed by atoms with Crippen LogP contribution in [0.3, 0.4) is 0 Å². The molecule has 0 saturated heterocycles. The van der Waals surface area contributed by atoms with Crippen LogP contribution < -0.4 is 0 Å². The highest BCUT2D eigenvalue weighted by molar-refractivity contribution is 5.71. The van der Waals surface area contributed by atoms with Gasteiger partial charge in [0.05, 0.1) is 0 Å². The highest BCUT2D eigenvalue weighted by Crippen LogP contribution is 2.16. The Hall–Kier alpha value is -2.89. The molecule has 412 valence electrons. The Morgan fingerprint density at radius 3 is 0.887 bits per heavy atom. The van der Waals surface area contributed by atoms with Crippen molar-refractivity contribution in [2.45, 2.75) is 322 Å². The highest BCUT2D eigenvalue weighted by atomic mass is 16.6. The summed E-state index contributed by atoms with van der Waals surface area (Å²) in [5, 5.41) is 0. The first-order valence-electron chi connectivity index (χ1n) is 30.8. The van der Waals surface area contributed by atoms with E-state index in [1.165, 1.54) is 205 Å². The van der Waals surface area contributed by atoms with Crippen LogP contribution in [0.4, 0.5) is 0 Å². The third-order valence-corrected chi connectivity index (χ3v) is 13.5. The molecule has 0 unspecified atom stereocenters. The van der Waals surface area contributed by atoms with Crippen LogP contribution in [0.5, 0.6) is 0 Å². The molecule has 0 aliphatic rings. The number of hydrogen-bond donors (Lipinski definition) is 0. The zero-order valence-electron chi connectivity index (χ0n) is 47.2. The van der Waals surface area contributed by atoms with Crippen molar-refractivity contribution < 1.29 is 28.6 Å². The summed E-state index contributed by atoms with van der Waals surface area (Å²) in [5.74, 6) is -0.931. The summed E-state index contributed by atoms with van der Waals surface area (Å²) in [6.45, 7) is 6.60. The minimum absolute atomic E-state index is 0.0884. The maximum absolute atomic E-state index is 12.9. The summed E-state index contributed by atoms with van der Waals surface area (Å²) in [4.78, 5) is 38.2. The number of rotatable bonds is 56. The minimum atomic E-state index is -0.795. The molecule has 0 aliphatic heterocycles. The van der Waals surface area contributed by atoms with Crippen molar-refractivity contribution in [3.05, 3.63) is 60.8 Å². The van der Waals surface area contributed by atoms with Crippen LogP contribution in [0, 0.1) is 0 Å². The Bertz CT molecular complexity index is 1280. The van der Waals surface area contributed by atoms with Gasteiger partial charge in [-0.2, -0.15) is 0 Å². The van der Waals surface area contributed by atoms with Crippen LogP contribution >= 0.6 is 0 Å². The Labute approximate surface area is 440 Å². The quantitative estimate of drug-likeness (QED) is 0.0261. The van der Waals surface area contributed by atoms with Gasteiger partial charge in [0.25, 0.3) is 0 Å². The van der Waals surface area contributed by atoms with Gasteiger partial charge in [-0.15, -0.1) is 0 Å². The van der Waals surface area contributed by atoms with E-state index in [1.807, 2.05) is 0 Å². The van der Waals surface area contributed by atoms with E-state index >= 15 is 0 Å². The molecule has 0 aromatic heterocycles. The third kappa shape index (κ3) is 57.9. The molecule has 0 spiro atoms. The highest BCUT2D eigenvalue weighted by Gasteiger charge is 2.19. The van der Waals surface area contributed by atoms with Gasteiger partial charge in [0.15, 0.2) is 6.10 Å². The number of carbonyl (C=O) groups is 3. The Balaban J connectivity index is 4.39. The fourth-order valence-corrected chi connectivity index (χ4v) is 8.84. The van der Waals surface area contributed by atoms with E-state index in [0.29, 0.717) is 19.3 Å². The van der Waals surface area contributed by atoms with Gasteiger partial charge in [-0.1, -0.05) is 274 Å². The molecule has 71 heavy (non-hydrogen) atoms. The summed E-state index contributed by atoms with van der Waals surface area (Å²) in [5.41, 5.74) is 0. The summed E-state index contributed by atoms with van der Waals surface area (Å²) >= 11 is 0. The predicted octanol–water partition coefficient (Wildman–Crippen LogP) is 20.8. The first-order valence-corrected chi connectivity index (χ1v) is 30.8. The molecule has 6 heteroatoms. The molecule has 0 heterocycles. The average Bonchev–Trinajstić information content (AvgIpc) is 3.37. The maximum atomic E-state index is 12.9. The van der Waals surface area contributed by atoms with Crippen LogP contribution in [-0.2, 0) is 28.6 Å². The largest absolute Gasteiger partial charge is 0.462 e. The molecule has 0 rings (SSSR count). The van der Waals surface area contributed by atoms with Crippen LogP contribution in [0.15, 0.2) is 60.8 Å². The van der Waals surface area contributed by atoms with Gasteiger partial charge in [-0.25, -0.2) is 0 Å². The normalized spacial score (nSPS) is 12.4. The van der Waals surface area contributed by atoms with Crippen molar-refractivity contribution in [2.75, 3.05) is 13.2 Å². The van der Waals surface area contributed by atoms with Crippen molar-refractivity contribution in [1.29, 1.82) is 0 Å². The van der Waals surface area contributed by atoms with Gasteiger partial charge < -0.3 is 14.2 Å². The monoisotopic (exact) mass is 993 g/mol. The lowest BCUT2D eigenvalue weighted by atomic mass is 10.0. The van der Waals surface area contributed by atoms with E-state index in [9.17, 15) is 14.4 Å². The molecule has 0 aromatic rings. The van der Waals surface area contributed by atoms with Crippen molar-refractivity contribution in [2.24, 2.45) is 0 Å². The van der Waals surface area contributed by atoms with E-state index in [1.54, 1.807) is 0 Å². The fraction of sp³-hybridized carbons (Fsp3) is 0.800. The second-order valence-corrected chi connectivity index (χ2v) is 20.6. The Kier molecular flexibility index (Phi) is 57.2. The van der Waals surface area contributed by atoms with Gasteiger partial charge in [0.1, 0.15) is 13.2 Å². The van der Waals surface area contributed by atoms with Crippen LogP contribution in [-0.4, -0.2) is 37.2 Å². The van der Waals surface area contributed by atoms with Gasteiger partial charge in [-0.05, 0) is 83.5 Å². The number of carbonyl (C=O) groups excluding carboxylic acids is 3. The first kappa shape index (κ1) is 68.1. The van der Waals surface area contributed by atoms with E-state index in [2.05, 4.69) is 81.5 Å². The average molecular weight is 994 g/mol. The standard InChI is InChI=1S/C65H116O6/c1-4-7-10-13-16-19-22-25-28-30-31-32-33-35-38-40-43-46-49-52-55-58-64(67)70-61-62(71-65(68)59-56-53-50-47-44-41-36-27-24-21-18-15-12-9-6-3)60-69-63(66)57-54-51-48-45-42-39-37-34-29-26-23-20-17-14-11-8-5-2/h17,20,25-26,28-29,37,39,45,48,62H,4-16,18-19,21-24,27,30-36,38,40-44,46-47,49-61H2,1-3H3/b20-17-,28-25-,29-26-,39-37-,48-45-/t62-/m1/s1. The van der Waals surface area contributed by atoms with E-state index in [4.69, 9.17) is 14.2 Å². The molecule has 0 fully saturated rings. The lowest BCUT2D eigenvalue weighted by molar-refractivity contribution is -0.167. The number of allylic oxidation sites excluding steroid dienone is 10. The smallest absolute Gasteiger partial charge is 0.306 e. The molecular weight excluding hydrogens is 877 g/mol. The van der Waals surface area contributed by atoms with E-state index in [-0.39, 0.29) is 37.5 Å². The van der Waals surface area contributed by atoms with Crippen LogP contribution in [0.2, 0.25) is 0 Å². The number of hydrogen-bond acceptors (Lipinski definition) is 6. The van der Waals surface area contributed by atoms with Crippen molar-refractivity contribution in [3.63, 3.8) is 0 Å². The minimum Gasteiger partial charge on any atom is -0.462 e. The second kappa shape index (κ2) is 59.7. The number of ether oxygens (including phenoxy) is 3. The summed E-state index contributed by atoms with van der Waals surface area (Å²) in [6, 6.07) is 0. The first-order chi connectivity index (χ1) is 35.0. The fourth-order valence-electron chi connectivity index (χ4n) is 8.84. The topological polar surface area (TPSA) is 78.9 Å². The molecule has 6 nitrogen and oxygen atoms in total. The van der Waals surface area contributed by atoms with Gasteiger partial charge in [0.2, 0.25) is 0 Å². The van der Waals surface area contributed by atoms with Crippen LogP contribution in [0.25, 0.3) is 0 Å². The Morgan fingerprint density at radius 2 is 0.521 bits per heavy atom. The molecular formula is C65H116O6. The zero-order valence-corrected chi connectivity index (χ0v) is 47.2. The number of esters is 3. The molecule has 0 N–H and O–H groups in total. The zero-order chi connectivity index (χ0) is 51.4. The molecule has 0 saturated carbocycles. The van der Waals surface area contributed by atoms with Gasteiger partial charge >= 0.3 is 17.9 Å². The molecule has 0 bridgehead atoms. The summed E-state index contributed by atoms with van der Waals surface area (Å²) in [6.07, 6.45) is 75.1. The molecule has 0 amide bonds. The lowest BCUT2D eigenvalue weighted by Crippen LogP contribution is -2.30. The second-order valence-electron chi connectivity index (χ2n) is 20.6. The summed E-state index contributed by atoms with van der Waals surface area (Å²) in [7, 11) is 0. The molecule has 1 atom stereocenters. The lowest BCUT2D eigenvalue weighted by Gasteiger charge is -2.18. The molecule has 0 radical (unpaired) electrons. The van der Waals surface area contributed by atoms with Crippen molar-refractivity contribution in [1.82, 2.24) is 0 Å². The van der Waals surface area contributed by atoms with Gasteiger partial charge in [-0.3, -0.25) is 14.4 Å². The Morgan fingerprint density at radius 1 is 0.282 bits per heavy atom. The van der Waals surface area contributed by atoms with Crippen molar-refractivity contribution in [3.8, 4) is 0 Å². The van der Waals surface area contributed by atoms with Crippen LogP contribution in [0.1, 0.15) is 316 Å². The van der Waals surface area contributed by atoms with Gasteiger partial charge in [0, 0.05) is 19.3 Å². The number of unbranched alkanes of at least 4 members (excludes halogenated alkanes) is 35. The molecule has 0 aliphatic carbocycles. The maximum Gasteiger partial charge on any atom is 0.306 e. The molecule has 0 aromatic carbocycles. The third-order valence-electron chi connectivity index (χ3n) is 13.5. The van der Waals surface area contributed by atoms with E-state index in [0.717, 1.165) is 64.2 Å².